The molecule has 0 radical (unpaired) electrons. The highest BCUT2D eigenvalue weighted by molar-refractivity contribution is 7.15. The third-order valence-corrected chi connectivity index (χ3v) is 4.57. The number of thiazole rings is 1. The molecule has 3 heterocycles. The van der Waals surface area contributed by atoms with Gasteiger partial charge in [-0.25, -0.2) is 4.98 Å². The largest absolute Gasteiger partial charge is 0.353 e. The predicted molar refractivity (Wildman–Crippen MR) is 77.4 cm³/mol. The fourth-order valence-electron chi connectivity index (χ4n) is 2.70. The molecule has 5 nitrogen and oxygen atoms in total. The number of piperidine rings is 1. The quantitative estimate of drug-likeness (QED) is 0.802. The minimum atomic E-state index is 0.535. The lowest BCUT2D eigenvalue weighted by Gasteiger charge is -2.36. The number of likely N-dealkylation sites (N-methyl/N-ethyl adjacent to an activating group) is 1. The molecule has 1 atom stereocenters. The van der Waals surface area contributed by atoms with Crippen molar-refractivity contribution in [3.63, 3.8) is 0 Å². The molecule has 0 spiro atoms. The van der Waals surface area contributed by atoms with E-state index in [2.05, 4.69) is 28.9 Å². The van der Waals surface area contributed by atoms with E-state index in [0.717, 1.165) is 36.6 Å². The van der Waals surface area contributed by atoms with Gasteiger partial charge >= 0.3 is 0 Å². The van der Waals surface area contributed by atoms with Crippen LogP contribution in [0.3, 0.4) is 0 Å². The highest BCUT2D eigenvalue weighted by Crippen LogP contribution is 2.26. The topological polar surface area (TPSA) is 40.9 Å². The maximum Gasteiger partial charge on any atom is 0.196 e. The molecule has 0 N–H and O–H groups in total. The Morgan fingerprint density at radius 1 is 1.53 bits per heavy atom. The second-order valence-corrected chi connectivity index (χ2v) is 6.07. The smallest absolute Gasteiger partial charge is 0.196 e. The van der Waals surface area contributed by atoms with Gasteiger partial charge in [0, 0.05) is 30.7 Å². The summed E-state index contributed by atoms with van der Waals surface area (Å²) in [5, 5.41) is 1.96. The Labute approximate surface area is 116 Å². The average Bonchev–Trinajstić information content (AvgIpc) is 2.98. The van der Waals surface area contributed by atoms with Crippen molar-refractivity contribution in [1.82, 2.24) is 14.3 Å². The lowest BCUT2D eigenvalue weighted by molar-refractivity contribution is 0.111. The molecule has 0 bridgehead atoms. The van der Waals surface area contributed by atoms with Gasteiger partial charge in [0.15, 0.2) is 17.1 Å². The lowest BCUT2D eigenvalue weighted by Crippen LogP contribution is -2.45. The molecule has 19 heavy (non-hydrogen) atoms. The van der Waals surface area contributed by atoms with Gasteiger partial charge in [-0.15, -0.1) is 11.3 Å². The first-order valence-corrected chi connectivity index (χ1v) is 7.41. The molecule has 0 aromatic carbocycles. The molecule has 2 aromatic heterocycles. The van der Waals surface area contributed by atoms with Gasteiger partial charge < -0.3 is 9.80 Å². The second-order valence-electron chi connectivity index (χ2n) is 5.20. The van der Waals surface area contributed by atoms with E-state index in [0.29, 0.717) is 11.7 Å². The summed E-state index contributed by atoms with van der Waals surface area (Å²) >= 11 is 1.56. The van der Waals surface area contributed by atoms with Crippen LogP contribution < -0.4 is 4.90 Å². The van der Waals surface area contributed by atoms with E-state index in [9.17, 15) is 4.79 Å². The van der Waals surface area contributed by atoms with Gasteiger partial charge in [-0.2, -0.15) is 0 Å². The molecular formula is C13H18N4OS. The summed E-state index contributed by atoms with van der Waals surface area (Å²) in [4.78, 5) is 21.4. The number of carbonyl (C=O) groups is 1. The van der Waals surface area contributed by atoms with Gasteiger partial charge in [-0.1, -0.05) is 0 Å². The monoisotopic (exact) mass is 278 g/mol. The Balaban J connectivity index is 1.94. The van der Waals surface area contributed by atoms with Crippen LogP contribution in [0.4, 0.5) is 5.82 Å². The van der Waals surface area contributed by atoms with E-state index >= 15 is 0 Å². The van der Waals surface area contributed by atoms with Crippen molar-refractivity contribution in [3.05, 3.63) is 17.3 Å². The summed E-state index contributed by atoms with van der Waals surface area (Å²) in [6, 6.07) is 0.535. The summed E-state index contributed by atoms with van der Waals surface area (Å²) in [5.74, 6) is 0.841. The highest BCUT2D eigenvalue weighted by atomic mass is 32.1. The first-order valence-electron chi connectivity index (χ1n) is 6.53. The third-order valence-electron chi connectivity index (χ3n) is 3.82. The predicted octanol–water partition coefficient (Wildman–Crippen LogP) is 1.74. The number of aromatic nitrogens is 2. The summed E-state index contributed by atoms with van der Waals surface area (Å²) < 4.78 is 1.88. The number of nitrogens with zero attached hydrogens (tertiary/aromatic N) is 4. The van der Waals surface area contributed by atoms with Crippen LogP contribution in [-0.2, 0) is 0 Å². The van der Waals surface area contributed by atoms with Crippen LogP contribution in [0.1, 0.15) is 23.3 Å². The van der Waals surface area contributed by atoms with Crippen molar-refractivity contribution in [3.8, 4) is 0 Å². The van der Waals surface area contributed by atoms with Crippen LogP contribution in [-0.4, -0.2) is 53.8 Å². The Bertz CT molecular complexity index is 588. The Hall–Kier alpha value is -1.40. The molecule has 0 amide bonds. The number of fused-ring (bicyclic) bond motifs is 1. The molecule has 1 aliphatic heterocycles. The molecule has 0 saturated carbocycles. The maximum absolute atomic E-state index is 11.4. The van der Waals surface area contributed by atoms with E-state index in [1.165, 1.54) is 6.42 Å². The molecule has 3 rings (SSSR count). The zero-order chi connectivity index (χ0) is 13.4. The zero-order valence-electron chi connectivity index (χ0n) is 11.2. The molecule has 1 aliphatic rings. The number of carbonyl (C=O) groups excluding carboxylic acids is 1. The van der Waals surface area contributed by atoms with Crippen molar-refractivity contribution in [2.45, 2.75) is 18.9 Å². The van der Waals surface area contributed by atoms with E-state index in [1.54, 1.807) is 11.3 Å². The van der Waals surface area contributed by atoms with E-state index in [4.69, 9.17) is 0 Å². The van der Waals surface area contributed by atoms with E-state index in [-0.39, 0.29) is 0 Å². The van der Waals surface area contributed by atoms with Gasteiger partial charge in [0.25, 0.3) is 0 Å². The number of imidazole rings is 1. The molecule has 1 fully saturated rings. The van der Waals surface area contributed by atoms with Crippen LogP contribution in [0.15, 0.2) is 11.6 Å². The molecule has 2 aromatic rings. The van der Waals surface area contributed by atoms with Crippen LogP contribution >= 0.6 is 11.3 Å². The molecule has 1 saturated heterocycles. The van der Waals surface area contributed by atoms with Crippen molar-refractivity contribution in [2.75, 3.05) is 32.1 Å². The molecule has 102 valence electrons. The van der Waals surface area contributed by atoms with Gasteiger partial charge in [-0.3, -0.25) is 9.20 Å². The minimum Gasteiger partial charge on any atom is -0.353 e. The number of hydrogen-bond donors (Lipinski definition) is 0. The van der Waals surface area contributed by atoms with Crippen molar-refractivity contribution >= 4 is 28.4 Å². The Morgan fingerprint density at radius 3 is 3.11 bits per heavy atom. The van der Waals surface area contributed by atoms with Crippen LogP contribution in [0.5, 0.6) is 0 Å². The maximum atomic E-state index is 11.4. The number of hydrogen-bond acceptors (Lipinski definition) is 5. The Kier molecular flexibility index (Phi) is 3.28. The first kappa shape index (κ1) is 12.6. The van der Waals surface area contributed by atoms with Crippen LogP contribution in [0.2, 0.25) is 0 Å². The SMILES string of the molecule is CN(C)C1CCCN(c2nc3sccn3c2C=O)C1. The third kappa shape index (κ3) is 2.15. The van der Waals surface area contributed by atoms with Gasteiger partial charge in [0.2, 0.25) is 0 Å². The van der Waals surface area contributed by atoms with Crippen molar-refractivity contribution in [1.29, 1.82) is 0 Å². The summed E-state index contributed by atoms with van der Waals surface area (Å²) in [5.41, 5.74) is 0.677. The van der Waals surface area contributed by atoms with Gasteiger partial charge in [0.05, 0.1) is 0 Å². The molecule has 0 aliphatic carbocycles. The lowest BCUT2D eigenvalue weighted by atomic mass is 10.0. The fraction of sp³-hybridized carbons (Fsp3) is 0.538. The molecule has 6 heteroatoms. The van der Waals surface area contributed by atoms with Crippen LogP contribution in [0, 0.1) is 0 Å². The zero-order valence-corrected chi connectivity index (χ0v) is 12.1. The van der Waals surface area contributed by atoms with Crippen molar-refractivity contribution < 1.29 is 4.79 Å². The average molecular weight is 278 g/mol. The normalized spacial score (nSPS) is 20.4. The number of rotatable bonds is 3. The number of aldehydes is 1. The molecular weight excluding hydrogens is 260 g/mol. The van der Waals surface area contributed by atoms with Crippen LogP contribution in [0.25, 0.3) is 4.96 Å². The van der Waals surface area contributed by atoms with Crippen molar-refractivity contribution in [2.24, 2.45) is 0 Å². The van der Waals surface area contributed by atoms with E-state index < -0.39 is 0 Å². The molecule has 1 unspecified atom stereocenters. The fourth-order valence-corrected chi connectivity index (χ4v) is 3.42. The highest BCUT2D eigenvalue weighted by Gasteiger charge is 2.26. The summed E-state index contributed by atoms with van der Waals surface area (Å²) in [7, 11) is 4.22. The summed E-state index contributed by atoms with van der Waals surface area (Å²) in [6.45, 7) is 1.93. The van der Waals surface area contributed by atoms with Gasteiger partial charge in [0.1, 0.15) is 5.69 Å². The van der Waals surface area contributed by atoms with Gasteiger partial charge in [-0.05, 0) is 26.9 Å². The second kappa shape index (κ2) is 4.94. The van der Waals surface area contributed by atoms with E-state index in [1.807, 2.05) is 16.0 Å². The first-order chi connectivity index (χ1) is 9.20. The Morgan fingerprint density at radius 2 is 2.37 bits per heavy atom. The number of anilines is 1. The summed E-state index contributed by atoms with van der Waals surface area (Å²) in [6.07, 6.45) is 5.18. The standard InChI is InChI=1S/C13H18N4OS/c1-15(2)10-4-3-5-16(8-10)12-11(9-18)17-6-7-19-13(17)14-12/h6-7,9-10H,3-5,8H2,1-2H3. The minimum absolute atomic E-state index is 0.535.